The van der Waals surface area contributed by atoms with Gasteiger partial charge in [-0.15, -0.1) is 0 Å². The summed E-state index contributed by atoms with van der Waals surface area (Å²) in [5.74, 6) is -0.345. The van der Waals surface area contributed by atoms with Gasteiger partial charge in [-0.2, -0.15) is 0 Å². The highest BCUT2D eigenvalue weighted by Crippen LogP contribution is 2.38. The maximum atomic E-state index is 12.9. The van der Waals surface area contributed by atoms with E-state index in [1.807, 2.05) is 53.2 Å². The van der Waals surface area contributed by atoms with E-state index in [2.05, 4.69) is 17.0 Å². The molecule has 0 radical (unpaired) electrons. The van der Waals surface area contributed by atoms with Crippen molar-refractivity contribution in [2.75, 3.05) is 38.3 Å². The third-order valence-corrected chi connectivity index (χ3v) is 5.36. The molecule has 0 amide bonds. The molecule has 5 nitrogen and oxygen atoms in total. The number of hydrogen-bond acceptors (Lipinski definition) is 4. The maximum Gasteiger partial charge on any atom is 0.356 e. The monoisotopic (exact) mass is 410 g/mol. The molecule has 0 N–H and O–H groups in total. The molecule has 0 bridgehead atoms. The minimum absolute atomic E-state index is 0.345. The average Bonchev–Trinajstić information content (AvgIpc) is 3.14. The molecular weight excluding hydrogens is 388 g/mol. The van der Waals surface area contributed by atoms with Crippen LogP contribution in [0.15, 0.2) is 60.8 Å². The number of aromatic nitrogens is 1. The minimum atomic E-state index is -0.345. The van der Waals surface area contributed by atoms with E-state index in [1.54, 1.807) is 0 Å². The Morgan fingerprint density at radius 2 is 1.76 bits per heavy atom. The van der Waals surface area contributed by atoms with E-state index in [4.69, 9.17) is 21.1 Å². The molecule has 3 aromatic rings. The van der Waals surface area contributed by atoms with Crippen molar-refractivity contribution in [3.8, 4) is 11.1 Å². The van der Waals surface area contributed by atoms with Crippen molar-refractivity contribution in [1.29, 1.82) is 0 Å². The Morgan fingerprint density at radius 3 is 2.41 bits per heavy atom. The lowest BCUT2D eigenvalue weighted by Crippen LogP contribution is -2.37. The van der Waals surface area contributed by atoms with Gasteiger partial charge in [-0.05, 0) is 23.3 Å². The number of morpholine rings is 1. The summed E-state index contributed by atoms with van der Waals surface area (Å²) in [7, 11) is 1.42. The average molecular weight is 411 g/mol. The second kappa shape index (κ2) is 8.72. The van der Waals surface area contributed by atoms with Crippen molar-refractivity contribution in [2.45, 2.75) is 6.54 Å². The topological polar surface area (TPSA) is 43.7 Å². The van der Waals surface area contributed by atoms with Crippen molar-refractivity contribution < 1.29 is 14.3 Å². The van der Waals surface area contributed by atoms with E-state index in [9.17, 15) is 4.79 Å². The molecule has 150 valence electrons. The Bertz CT molecular complexity index is 977. The second-order valence-corrected chi connectivity index (χ2v) is 7.39. The van der Waals surface area contributed by atoms with Crippen LogP contribution >= 0.6 is 11.6 Å². The smallest absolute Gasteiger partial charge is 0.356 e. The molecule has 0 atom stereocenters. The number of methoxy groups -OCH3 is 1. The van der Waals surface area contributed by atoms with Crippen molar-refractivity contribution in [3.63, 3.8) is 0 Å². The number of hydrogen-bond donors (Lipinski definition) is 0. The quantitative estimate of drug-likeness (QED) is 0.582. The summed E-state index contributed by atoms with van der Waals surface area (Å²) in [5, 5.41) is 0.679. The Kier molecular flexibility index (Phi) is 5.88. The van der Waals surface area contributed by atoms with Crippen LogP contribution < -0.4 is 4.90 Å². The van der Waals surface area contributed by atoms with Gasteiger partial charge >= 0.3 is 5.97 Å². The van der Waals surface area contributed by atoms with Crippen LogP contribution in [0.25, 0.3) is 11.1 Å². The molecule has 29 heavy (non-hydrogen) atoms. The first-order valence-corrected chi connectivity index (χ1v) is 9.99. The van der Waals surface area contributed by atoms with Crippen LogP contribution in [0.2, 0.25) is 5.02 Å². The van der Waals surface area contributed by atoms with Crippen LogP contribution in [0, 0.1) is 0 Å². The summed E-state index contributed by atoms with van der Waals surface area (Å²) in [6.45, 7) is 3.28. The Balaban J connectivity index is 1.88. The lowest BCUT2D eigenvalue weighted by molar-refractivity contribution is 0.0588. The van der Waals surface area contributed by atoms with Gasteiger partial charge < -0.3 is 18.9 Å². The molecule has 4 rings (SSSR count). The highest BCUT2D eigenvalue weighted by atomic mass is 35.5. The zero-order valence-corrected chi connectivity index (χ0v) is 17.1. The fourth-order valence-corrected chi connectivity index (χ4v) is 3.83. The molecule has 0 saturated carbocycles. The van der Waals surface area contributed by atoms with E-state index in [1.165, 1.54) is 7.11 Å². The lowest BCUT2D eigenvalue weighted by Gasteiger charge is -2.30. The molecule has 0 unspecified atom stereocenters. The van der Waals surface area contributed by atoms with E-state index in [0.717, 1.165) is 35.5 Å². The summed E-state index contributed by atoms with van der Waals surface area (Å²) in [5.41, 5.74) is 4.55. The molecule has 1 fully saturated rings. The summed E-state index contributed by atoms with van der Waals surface area (Å²) in [6, 6.07) is 17.8. The van der Waals surface area contributed by atoms with E-state index >= 15 is 0 Å². The summed E-state index contributed by atoms with van der Waals surface area (Å²) >= 11 is 6.10. The Hall–Kier alpha value is -2.76. The molecule has 1 aliphatic heterocycles. The fourth-order valence-electron chi connectivity index (χ4n) is 3.71. The minimum Gasteiger partial charge on any atom is -0.464 e. The highest BCUT2D eigenvalue weighted by molar-refractivity contribution is 6.30. The van der Waals surface area contributed by atoms with Crippen LogP contribution in [-0.2, 0) is 16.0 Å². The van der Waals surface area contributed by atoms with Crippen molar-refractivity contribution >= 4 is 23.3 Å². The first-order chi connectivity index (χ1) is 14.2. The number of carbonyl (C=O) groups excluding carboxylic acids is 1. The van der Waals surface area contributed by atoms with Gasteiger partial charge in [-0.3, -0.25) is 0 Å². The standard InChI is InChI=1S/C23H23ClN2O3/c1-28-23(27)22-21(25-11-13-29-14-12-25)20(18-7-9-19(24)10-8-18)16-26(22)15-17-5-3-2-4-6-17/h2-10,16H,11-15H2,1H3. The van der Waals surface area contributed by atoms with Gasteiger partial charge in [-0.25, -0.2) is 4.79 Å². The van der Waals surface area contributed by atoms with E-state index in [-0.39, 0.29) is 5.97 Å². The normalized spacial score (nSPS) is 14.1. The fraction of sp³-hybridized carbons (Fsp3) is 0.261. The summed E-state index contributed by atoms with van der Waals surface area (Å²) in [4.78, 5) is 15.1. The summed E-state index contributed by atoms with van der Waals surface area (Å²) in [6.07, 6.45) is 2.04. The van der Waals surface area contributed by atoms with Crippen LogP contribution in [0.4, 0.5) is 5.69 Å². The lowest BCUT2D eigenvalue weighted by atomic mass is 10.1. The van der Waals surface area contributed by atoms with E-state index in [0.29, 0.717) is 30.5 Å². The number of benzene rings is 2. The summed E-state index contributed by atoms with van der Waals surface area (Å²) < 4.78 is 12.7. The van der Waals surface area contributed by atoms with Gasteiger partial charge in [0.25, 0.3) is 0 Å². The Morgan fingerprint density at radius 1 is 1.07 bits per heavy atom. The number of halogens is 1. The van der Waals surface area contributed by atoms with Crippen molar-refractivity contribution in [3.05, 3.63) is 77.1 Å². The third-order valence-electron chi connectivity index (χ3n) is 5.11. The number of esters is 1. The van der Waals surface area contributed by atoms with Crippen LogP contribution in [0.1, 0.15) is 16.1 Å². The molecule has 2 heterocycles. The molecule has 0 aliphatic carbocycles. The first kappa shape index (κ1) is 19.6. The SMILES string of the molecule is COC(=O)c1c(N2CCOCC2)c(-c2ccc(Cl)cc2)cn1Cc1ccccc1. The molecule has 0 spiro atoms. The number of rotatable bonds is 5. The van der Waals surface area contributed by atoms with Crippen molar-refractivity contribution in [1.82, 2.24) is 4.57 Å². The van der Waals surface area contributed by atoms with Gasteiger partial charge in [0.1, 0.15) is 0 Å². The van der Waals surface area contributed by atoms with Gasteiger partial charge in [0, 0.05) is 36.4 Å². The number of ether oxygens (including phenoxy) is 2. The molecule has 2 aromatic carbocycles. The molecule has 1 saturated heterocycles. The Labute approximate surface area is 175 Å². The predicted molar refractivity (Wildman–Crippen MR) is 115 cm³/mol. The molecule has 1 aromatic heterocycles. The molecule has 1 aliphatic rings. The number of anilines is 1. The molecule has 6 heteroatoms. The maximum absolute atomic E-state index is 12.9. The largest absolute Gasteiger partial charge is 0.464 e. The van der Waals surface area contributed by atoms with Crippen LogP contribution in [0.3, 0.4) is 0 Å². The van der Waals surface area contributed by atoms with Crippen LogP contribution in [0.5, 0.6) is 0 Å². The first-order valence-electron chi connectivity index (χ1n) is 9.61. The van der Waals surface area contributed by atoms with Crippen LogP contribution in [-0.4, -0.2) is 43.9 Å². The second-order valence-electron chi connectivity index (χ2n) is 6.95. The number of nitrogens with zero attached hydrogens (tertiary/aromatic N) is 2. The third kappa shape index (κ3) is 4.16. The van der Waals surface area contributed by atoms with Gasteiger partial charge in [0.15, 0.2) is 5.69 Å². The number of carbonyl (C=O) groups is 1. The zero-order valence-electron chi connectivity index (χ0n) is 16.3. The van der Waals surface area contributed by atoms with Crippen molar-refractivity contribution in [2.24, 2.45) is 0 Å². The van der Waals surface area contributed by atoms with Gasteiger partial charge in [0.2, 0.25) is 0 Å². The predicted octanol–water partition coefficient (Wildman–Crippen LogP) is 4.48. The van der Waals surface area contributed by atoms with Gasteiger partial charge in [-0.1, -0.05) is 54.1 Å². The van der Waals surface area contributed by atoms with E-state index < -0.39 is 0 Å². The highest BCUT2D eigenvalue weighted by Gasteiger charge is 2.28. The van der Waals surface area contributed by atoms with Gasteiger partial charge in [0.05, 0.1) is 26.0 Å². The molecular formula is C23H23ClN2O3. The zero-order chi connectivity index (χ0) is 20.2.